The van der Waals surface area contributed by atoms with Crippen molar-refractivity contribution in [2.24, 2.45) is 5.41 Å². The molecule has 0 fully saturated rings. The number of rotatable bonds is 3. The Labute approximate surface area is 97.7 Å². The molecule has 0 spiro atoms. The highest BCUT2D eigenvalue weighted by Crippen LogP contribution is 2.20. The Morgan fingerprint density at radius 2 is 1.81 bits per heavy atom. The van der Waals surface area contributed by atoms with Crippen LogP contribution in [0.15, 0.2) is 0 Å². The molecule has 90 valence electrons. The Kier molecular flexibility index (Phi) is 3.73. The van der Waals surface area contributed by atoms with Gasteiger partial charge in [-0.25, -0.2) is 9.97 Å². The summed E-state index contributed by atoms with van der Waals surface area (Å²) in [6.07, 6.45) is 1.09. The molecule has 1 heterocycles. The van der Waals surface area contributed by atoms with Crippen molar-refractivity contribution in [2.75, 3.05) is 17.6 Å². The molecule has 0 aliphatic carbocycles. The highest BCUT2D eigenvalue weighted by Gasteiger charge is 2.11. The first-order valence-electron chi connectivity index (χ1n) is 5.64. The Bertz CT molecular complexity index is 366. The van der Waals surface area contributed by atoms with Gasteiger partial charge in [0.25, 0.3) is 0 Å². The Hall–Kier alpha value is -1.32. The van der Waals surface area contributed by atoms with E-state index in [4.69, 9.17) is 5.73 Å². The monoisotopic (exact) mass is 222 g/mol. The first-order valence-corrected chi connectivity index (χ1v) is 5.64. The van der Waals surface area contributed by atoms with Crippen molar-refractivity contribution in [3.05, 3.63) is 11.4 Å². The number of aryl methyl sites for hydroxylation is 1. The third-order valence-corrected chi connectivity index (χ3v) is 2.46. The van der Waals surface area contributed by atoms with Crippen LogP contribution in [-0.2, 0) is 0 Å². The maximum Gasteiger partial charge on any atom is 0.134 e. The second-order valence-corrected chi connectivity index (χ2v) is 5.37. The average Bonchev–Trinajstić information content (AvgIpc) is 2.11. The molecular weight excluding hydrogens is 200 g/mol. The highest BCUT2D eigenvalue weighted by atomic mass is 15.0. The van der Waals surface area contributed by atoms with Crippen LogP contribution in [0.4, 0.5) is 11.6 Å². The van der Waals surface area contributed by atoms with Crippen LogP contribution in [0.1, 0.15) is 38.6 Å². The summed E-state index contributed by atoms with van der Waals surface area (Å²) in [4.78, 5) is 8.47. The molecule has 4 nitrogen and oxygen atoms in total. The smallest absolute Gasteiger partial charge is 0.134 e. The third-order valence-electron chi connectivity index (χ3n) is 2.46. The van der Waals surface area contributed by atoms with E-state index in [1.165, 1.54) is 0 Å². The van der Waals surface area contributed by atoms with Gasteiger partial charge in [0.15, 0.2) is 0 Å². The number of nitrogen functional groups attached to an aromatic ring is 1. The van der Waals surface area contributed by atoms with Crippen LogP contribution >= 0.6 is 0 Å². The van der Waals surface area contributed by atoms with Gasteiger partial charge in [0.1, 0.15) is 17.5 Å². The lowest BCUT2D eigenvalue weighted by Gasteiger charge is -2.19. The molecule has 0 aromatic carbocycles. The van der Waals surface area contributed by atoms with Crippen LogP contribution in [0.25, 0.3) is 0 Å². The largest absolute Gasteiger partial charge is 0.383 e. The van der Waals surface area contributed by atoms with Crippen LogP contribution in [0.2, 0.25) is 0 Å². The zero-order chi connectivity index (χ0) is 12.3. The van der Waals surface area contributed by atoms with Gasteiger partial charge in [0, 0.05) is 12.1 Å². The van der Waals surface area contributed by atoms with Crippen LogP contribution in [0.3, 0.4) is 0 Å². The molecular formula is C12H22N4. The van der Waals surface area contributed by atoms with Crippen molar-refractivity contribution < 1.29 is 0 Å². The number of nitrogens with two attached hydrogens (primary N) is 1. The first kappa shape index (κ1) is 12.7. The fourth-order valence-corrected chi connectivity index (χ4v) is 1.38. The molecule has 0 aliphatic heterocycles. The Morgan fingerprint density at radius 3 is 2.38 bits per heavy atom. The molecule has 4 heteroatoms. The maximum absolute atomic E-state index is 5.79. The molecule has 16 heavy (non-hydrogen) atoms. The standard InChI is InChI=1S/C12H22N4/c1-8-10(13)15-9(2)16-11(8)14-7-6-12(3,4)5/h6-7H2,1-5H3,(H3,13,14,15,16). The molecule has 0 saturated heterocycles. The molecule has 1 aromatic rings. The normalized spacial score (nSPS) is 11.6. The van der Waals surface area contributed by atoms with Crippen molar-refractivity contribution in [1.29, 1.82) is 0 Å². The van der Waals surface area contributed by atoms with E-state index < -0.39 is 0 Å². The Morgan fingerprint density at radius 1 is 1.19 bits per heavy atom. The zero-order valence-electron chi connectivity index (χ0n) is 10.9. The summed E-state index contributed by atoms with van der Waals surface area (Å²) in [7, 11) is 0. The molecule has 0 atom stereocenters. The van der Waals surface area contributed by atoms with E-state index in [0.29, 0.717) is 17.1 Å². The van der Waals surface area contributed by atoms with E-state index in [-0.39, 0.29) is 0 Å². The van der Waals surface area contributed by atoms with Gasteiger partial charge < -0.3 is 11.1 Å². The fraction of sp³-hybridized carbons (Fsp3) is 0.667. The zero-order valence-corrected chi connectivity index (χ0v) is 10.9. The summed E-state index contributed by atoms with van der Waals surface area (Å²) >= 11 is 0. The number of hydrogen-bond acceptors (Lipinski definition) is 4. The van der Waals surface area contributed by atoms with Crippen molar-refractivity contribution >= 4 is 11.6 Å². The topological polar surface area (TPSA) is 63.8 Å². The SMILES string of the molecule is Cc1nc(N)c(C)c(NCCC(C)(C)C)n1. The molecule has 0 aliphatic rings. The van der Waals surface area contributed by atoms with Gasteiger partial charge in [-0.15, -0.1) is 0 Å². The number of anilines is 2. The van der Waals surface area contributed by atoms with E-state index in [1.54, 1.807) is 0 Å². The minimum Gasteiger partial charge on any atom is -0.383 e. The lowest BCUT2D eigenvalue weighted by atomic mass is 9.92. The van der Waals surface area contributed by atoms with Crippen LogP contribution in [0, 0.1) is 19.3 Å². The molecule has 0 saturated carbocycles. The van der Waals surface area contributed by atoms with Crippen molar-refractivity contribution in [1.82, 2.24) is 9.97 Å². The van der Waals surface area contributed by atoms with Crippen molar-refractivity contribution in [3.63, 3.8) is 0 Å². The predicted octanol–water partition coefficient (Wildman–Crippen LogP) is 2.52. The lowest BCUT2D eigenvalue weighted by molar-refractivity contribution is 0.389. The molecule has 3 N–H and O–H groups in total. The third kappa shape index (κ3) is 3.68. The van der Waals surface area contributed by atoms with Gasteiger partial charge in [-0.3, -0.25) is 0 Å². The van der Waals surface area contributed by atoms with E-state index in [2.05, 4.69) is 36.1 Å². The molecule has 0 unspecified atom stereocenters. The molecule has 0 bridgehead atoms. The summed E-state index contributed by atoms with van der Waals surface area (Å²) in [5.41, 5.74) is 7.05. The number of aromatic nitrogens is 2. The summed E-state index contributed by atoms with van der Waals surface area (Å²) < 4.78 is 0. The van der Waals surface area contributed by atoms with E-state index in [9.17, 15) is 0 Å². The van der Waals surface area contributed by atoms with E-state index >= 15 is 0 Å². The summed E-state index contributed by atoms with van der Waals surface area (Å²) in [5, 5.41) is 3.32. The summed E-state index contributed by atoms with van der Waals surface area (Å²) in [6.45, 7) is 11.4. The fourth-order valence-electron chi connectivity index (χ4n) is 1.38. The van der Waals surface area contributed by atoms with Crippen LogP contribution in [-0.4, -0.2) is 16.5 Å². The molecule has 1 rings (SSSR count). The number of hydrogen-bond donors (Lipinski definition) is 2. The molecule has 0 radical (unpaired) electrons. The summed E-state index contributed by atoms with van der Waals surface area (Å²) in [6, 6.07) is 0. The second kappa shape index (κ2) is 4.68. The van der Waals surface area contributed by atoms with E-state index in [1.807, 2.05) is 13.8 Å². The first-order chi connectivity index (χ1) is 7.29. The van der Waals surface area contributed by atoms with Crippen LogP contribution < -0.4 is 11.1 Å². The van der Waals surface area contributed by atoms with Gasteiger partial charge in [-0.05, 0) is 25.7 Å². The van der Waals surface area contributed by atoms with Crippen molar-refractivity contribution in [3.8, 4) is 0 Å². The quantitative estimate of drug-likeness (QED) is 0.825. The molecule has 0 amide bonds. The summed E-state index contributed by atoms with van der Waals surface area (Å²) in [5.74, 6) is 2.13. The van der Waals surface area contributed by atoms with Crippen molar-refractivity contribution in [2.45, 2.75) is 41.0 Å². The van der Waals surface area contributed by atoms with Gasteiger partial charge in [0.2, 0.25) is 0 Å². The van der Waals surface area contributed by atoms with Gasteiger partial charge >= 0.3 is 0 Å². The minimum atomic E-state index is 0.328. The molecule has 1 aromatic heterocycles. The van der Waals surface area contributed by atoms with Gasteiger partial charge in [-0.2, -0.15) is 0 Å². The second-order valence-electron chi connectivity index (χ2n) is 5.37. The Balaban J connectivity index is 2.67. The highest BCUT2D eigenvalue weighted by molar-refractivity contribution is 5.54. The van der Waals surface area contributed by atoms with Crippen LogP contribution in [0.5, 0.6) is 0 Å². The van der Waals surface area contributed by atoms with E-state index in [0.717, 1.165) is 24.3 Å². The maximum atomic E-state index is 5.79. The van der Waals surface area contributed by atoms with Gasteiger partial charge in [-0.1, -0.05) is 20.8 Å². The average molecular weight is 222 g/mol. The van der Waals surface area contributed by atoms with Gasteiger partial charge in [0.05, 0.1) is 0 Å². The number of nitrogens with one attached hydrogen (secondary N) is 1. The number of nitrogens with zero attached hydrogens (tertiary/aromatic N) is 2. The lowest BCUT2D eigenvalue weighted by Crippen LogP contribution is -2.15. The minimum absolute atomic E-state index is 0.328. The predicted molar refractivity (Wildman–Crippen MR) is 68.5 cm³/mol.